The van der Waals surface area contributed by atoms with Gasteiger partial charge in [0.2, 0.25) is 0 Å². The van der Waals surface area contributed by atoms with E-state index in [1.165, 1.54) is 22.0 Å². The van der Waals surface area contributed by atoms with Crippen LogP contribution >= 0.6 is 15.9 Å². The molecule has 1 fully saturated rings. The van der Waals surface area contributed by atoms with Crippen LogP contribution < -0.4 is 5.32 Å². The fourth-order valence-electron chi connectivity index (χ4n) is 1.87. The molecule has 15 heavy (non-hydrogen) atoms. The Morgan fingerprint density at radius 1 is 1.47 bits per heavy atom. The van der Waals surface area contributed by atoms with Gasteiger partial charge in [0.25, 0.3) is 0 Å². The van der Waals surface area contributed by atoms with E-state index < -0.39 is 0 Å². The largest absolute Gasteiger partial charge is 0.309 e. The highest BCUT2D eigenvalue weighted by Gasteiger charge is 2.44. The van der Waals surface area contributed by atoms with Crippen molar-refractivity contribution in [1.82, 2.24) is 5.32 Å². The maximum atomic E-state index is 3.59. The molecule has 1 aromatic carbocycles. The molecule has 2 heteroatoms. The fourth-order valence-corrected chi connectivity index (χ4v) is 2.12. The molecular weight excluding hydrogens is 250 g/mol. The van der Waals surface area contributed by atoms with Crippen LogP contribution in [0.15, 0.2) is 22.7 Å². The smallest absolute Gasteiger partial charge is 0.0208 e. The standard InChI is InChI=1S/C13H18BrN/c1-9-6-10(4-5-11(9)14)8-15-12-7-13(12,2)3/h4-6,12,15H,7-8H2,1-3H3. The van der Waals surface area contributed by atoms with Crippen molar-refractivity contribution in [1.29, 1.82) is 0 Å². The molecule has 0 aliphatic heterocycles. The molecule has 0 bridgehead atoms. The third-order valence-electron chi connectivity index (χ3n) is 3.29. The minimum atomic E-state index is 0.518. The summed E-state index contributed by atoms with van der Waals surface area (Å²) in [5.74, 6) is 0. The van der Waals surface area contributed by atoms with Crippen molar-refractivity contribution in [2.75, 3.05) is 0 Å². The first-order chi connectivity index (χ1) is 6.99. The minimum Gasteiger partial charge on any atom is -0.309 e. The van der Waals surface area contributed by atoms with Crippen LogP contribution in [0.25, 0.3) is 0 Å². The molecule has 0 spiro atoms. The maximum absolute atomic E-state index is 3.59. The summed E-state index contributed by atoms with van der Waals surface area (Å²) in [4.78, 5) is 0. The zero-order chi connectivity index (χ0) is 11.1. The van der Waals surface area contributed by atoms with E-state index in [-0.39, 0.29) is 0 Å². The van der Waals surface area contributed by atoms with Gasteiger partial charge in [0, 0.05) is 17.1 Å². The summed E-state index contributed by atoms with van der Waals surface area (Å²) in [5, 5.41) is 3.59. The Hall–Kier alpha value is -0.340. The van der Waals surface area contributed by atoms with Gasteiger partial charge in [-0.3, -0.25) is 0 Å². The summed E-state index contributed by atoms with van der Waals surface area (Å²) in [6, 6.07) is 7.26. The SMILES string of the molecule is Cc1cc(CNC2CC2(C)C)ccc1Br. The first-order valence-corrected chi connectivity index (χ1v) is 6.27. The van der Waals surface area contributed by atoms with Crippen LogP contribution in [0.2, 0.25) is 0 Å². The summed E-state index contributed by atoms with van der Waals surface area (Å²) in [6.45, 7) is 7.76. The molecule has 0 radical (unpaired) electrons. The van der Waals surface area contributed by atoms with Gasteiger partial charge < -0.3 is 5.32 Å². The number of aryl methyl sites for hydroxylation is 1. The third-order valence-corrected chi connectivity index (χ3v) is 4.18. The van der Waals surface area contributed by atoms with E-state index in [0.29, 0.717) is 11.5 Å². The van der Waals surface area contributed by atoms with Gasteiger partial charge in [0.05, 0.1) is 0 Å². The molecule has 2 rings (SSSR count). The number of benzene rings is 1. The molecule has 1 aliphatic rings. The highest BCUT2D eigenvalue weighted by atomic mass is 79.9. The Balaban J connectivity index is 1.92. The summed E-state index contributed by atoms with van der Waals surface area (Å²) < 4.78 is 1.19. The van der Waals surface area contributed by atoms with E-state index in [1.54, 1.807) is 0 Å². The van der Waals surface area contributed by atoms with Crippen molar-refractivity contribution in [3.8, 4) is 0 Å². The van der Waals surface area contributed by atoms with Crippen LogP contribution in [0.4, 0.5) is 0 Å². The number of nitrogens with one attached hydrogen (secondary N) is 1. The van der Waals surface area contributed by atoms with Gasteiger partial charge in [-0.2, -0.15) is 0 Å². The molecule has 1 atom stereocenters. The second-order valence-corrected chi connectivity index (χ2v) is 6.06. The molecule has 1 aromatic rings. The average molecular weight is 268 g/mol. The predicted octanol–water partition coefficient (Wildman–Crippen LogP) is 3.65. The lowest BCUT2D eigenvalue weighted by atomic mass is 10.1. The van der Waals surface area contributed by atoms with Gasteiger partial charge in [0.1, 0.15) is 0 Å². The van der Waals surface area contributed by atoms with Crippen molar-refractivity contribution in [2.45, 2.75) is 39.8 Å². The van der Waals surface area contributed by atoms with Crippen LogP contribution in [0.5, 0.6) is 0 Å². The summed E-state index contributed by atoms with van der Waals surface area (Å²) in [7, 11) is 0. The number of hydrogen-bond acceptors (Lipinski definition) is 1. The summed E-state index contributed by atoms with van der Waals surface area (Å²) in [5.41, 5.74) is 3.20. The van der Waals surface area contributed by atoms with Crippen molar-refractivity contribution in [3.63, 3.8) is 0 Å². The quantitative estimate of drug-likeness (QED) is 0.882. The second-order valence-electron chi connectivity index (χ2n) is 5.21. The monoisotopic (exact) mass is 267 g/mol. The molecule has 1 nitrogen and oxygen atoms in total. The third kappa shape index (κ3) is 2.61. The maximum Gasteiger partial charge on any atom is 0.0208 e. The number of hydrogen-bond donors (Lipinski definition) is 1. The van der Waals surface area contributed by atoms with E-state index in [1.807, 2.05) is 0 Å². The highest BCUT2D eigenvalue weighted by Crippen LogP contribution is 2.44. The van der Waals surface area contributed by atoms with Gasteiger partial charge >= 0.3 is 0 Å². The lowest BCUT2D eigenvalue weighted by Crippen LogP contribution is -2.19. The summed E-state index contributed by atoms with van der Waals surface area (Å²) in [6.07, 6.45) is 1.31. The molecule has 1 unspecified atom stereocenters. The van der Waals surface area contributed by atoms with Crippen molar-refractivity contribution >= 4 is 15.9 Å². The van der Waals surface area contributed by atoms with Crippen LogP contribution in [-0.4, -0.2) is 6.04 Å². The van der Waals surface area contributed by atoms with E-state index in [0.717, 1.165) is 6.54 Å². The molecule has 1 saturated carbocycles. The highest BCUT2D eigenvalue weighted by molar-refractivity contribution is 9.10. The normalized spacial score (nSPS) is 22.8. The van der Waals surface area contributed by atoms with E-state index in [4.69, 9.17) is 0 Å². The first kappa shape index (κ1) is 11.2. The van der Waals surface area contributed by atoms with Gasteiger partial charge in [-0.25, -0.2) is 0 Å². The Bertz CT molecular complexity index is 371. The Labute approximate surface area is 100 Å². The molecule has 1 N–H and O–H groups in total. The number of rotatable bonds is 3. The van der Waals surface area contributed by atoms with E-state index >= 15 is 0 Å². The lowest BCUT2D eigenvalue weighted by molar-refractivity contribution is 0.542. The summed E-state index contributed by atoms with van der Waals surface area (Å²) >= 11 is 3.52. The Kier molecular flexibility index (Phi) is 2.91. The number of halogens is 1. The molecule has 0 aromatic heterocycles. The topological polar surface area (TPSA) is 12.0 Å². The van der Waals surface area contributed by atoms with Crippen molar-refractivity contribution in [3.05, 3.63) is 33.8 Å². The van der Waals surface area contributed by atoms with Crippen LogP contribution in [0, 0.1) is 12.3 Å². The molecular formula is C13H18BrN. The van der Waals surface area contributed by atoms with Gasteiger partial charge in [-0.1, -0.05) is 41.9 Å². The Morgan fingerprint density at radius 2 is 2.13 bits per heavy atom. The van der Waals surface area contributed by atoms with Gasteiger partial charge in [0.15, 0.2) is 0 Å². The fraction of sp³-hybridized carbons (Fsp3) is 0.538. The second kappa shape index (κ2) is 3.91. The van der Waals surface area contributed by atoms with Gasteiger partial charge in [-0.05, 0) is 36.0 Å². The van der Waals surface area contributed by atoms with Crippen molar-refractivity contribution < 1.29 is 0 Å². The van der Waals surface area contributed by atoms with Crippen molar-refractivity contribution in [2.24, 2.45) is 5.41 Å². The van der Waals surface area contributed by atoms with Crippen LogP contribution in [0.1, 0.15) is 31.4 Å². The molecule has 0 amide bonds. The van der Waals surface area contributed by atoms with E-state index in [2.05, 4.69) is 60.2 Å². The minimum absolute atomic E-state index is 0.518. The lowest BCUT2D eigenvalue weighted by Gasteiger charge is -2.08. The first-order valence-electron chi connectivity index (χ1n) is 5.47. The molecule has 1 aliphatic carbocycles. The molecule has 0 heterocycles. The average Bonchev–Trinajstić information content (AvgIpc) is 2.77. The van der Waals surface area contributed by atoms with Crippen LogP contribution in [0.3, 0.4) is 0 Å². The zero-order valence-corrected chi connectivity index (χ0v) is 11.2. The predicted molar refractivity (Wildman–Crippen MR) is 67.9 cm³/mol. The van der Waals surface area contributed by atoms with Crippen LogP contribution in [-0.2, 0) is 6.54 Å². The Morgan fingerprint density at radius 3 is 2.67 bits per heavy atom. The molecule has 0 saturated heterocycles. The van der Waals surface area contributed by atoms with Gasteiger partial charge in [-0.15, -0.1) is 0 Å². The molecule has 82 valence electrons. The zero-order valence-electron chi connectivity index (χ0n) is 9.60. The van der Waals surface area contributed by atoms with E-state index in [9.17, 15) is 0 Å².